The van der Waals surface area contributed by atoms with Crippen LogP contribution in [-0.4, -0.2) is 91.8 Å². The lowest BCUT2D eigenvalue weighted by molar-refractivity contribution is -0.162. The number of methoxy groups -OCH3 is 3. The van der Waals surface area contributed by atoms with Gasteiger partial charge < -0.3 is 29.1 Å². The highest BCUT2D eigenvalue weighted by molar-refractivity contribution is 5.95. The van der Waals surface area contributed by atoms with Gasteiger partial charge >= 0.3 is 11.9 Å². The molecule has 6 heterocycles. The predicted molar refractivity (Wildman–Crippen MR) is 202 cm³/mol. The smallest absolute Gasteiger partial charge is 0.319 e. The van der Waals surface area contributed by atoms with E-state index >= 15 is 0 Å². The van der Waals surface area contributed by atoms with E-state index < -0.39 is 5.41 Å². The molecule has 10 atom stereocenters. The number of rotatable bonds is 6. The number of H-pyrrole nitrogens is 2. The molecular weight excluding hydrogens is 652 g/mol. The van der Waals surface area contributed by atoms with E-state index in [2.05, 4.69) is 76.7 Å². The molecular formula is C43H52N4O5. The Balaban J connectivity index is 1.32. The minimum Gasteiger partial charge on any atom is -0.496 e. The Morgan fingerprint density at radius 1 is 1.02 bits per heavy atom. The van der Waals surface area contributed by atoms with Gasteiger partial charge in [0.05, 0.1) is 32.8 Å². The first-order valence-electron chi connectivity index (χ1n) is 19.3. The van der Waals surface area contributed by atoms with Gasteiger partial charge in [-0.15, -0.1) is 6.58 Å². The average molecular weight is 705 g/mol. The molecule has 2 aliphatic carbocycles. The summed E-state index contributed by atoms with van der Waals surface area (Å²) in [7, 11) is 6.96. The first-order valence-corrected chi connectivity index (χ1v) is 19.3. The van der Waals surface area contributed by atoms with Gasteiger partial charge in [-0.1, -0.05) is 37.6 Å². The molecule has 52 heavy (non-hydrogen) atoms. The Kier molecular flexibility index (Phi) is 8.12. The Morgan fingerprint density at radius 3 is 2.60 bits per heavy atom. The fourth-order valence-electron chi connectivity index (χ4n) is 12.3. The van der Waals surface area contributed by atoms with Crippen LogP contribution in [0.25, 0.3) is 21.8 Å². The lowest BCUT2D eigenvalue weighted by Gasteiger charge is -2.57. The molecule has 6 aliphatic rings. The quantitative estimate of drug-likeness (QED) is 0.179. The van der Waals surface area contributed by atoms with Crippen LogP contribution < -0.4 is 4.74 Å². The zero-order valence-electron chi connectivity index (χ0n) is 31.2. The van der Waals surface area contributed by atoms with Gasteiger partial charge in [-0.05, 0) is 92.1 Å². The summed E-state index contributed by atoms with van der Waals surface area (Å²) in [5.41, 5.74) is 7.12. The van der Waals surface area contributed by atoms with Crippen molar-refractivity contribution in [1.82, 2.24) is 19.8 Å². The number of fused-ring (bicyclic) bond motifs is 9. The maximum absolute atomic E-state index is 14.4. The van der Waals surface area contributed by atoms with Crippen molar-refractivity contribution in [3.63, 3.8) is 0 Å². The van der Waals surface area contributed by atoms with Gasteiger partial charge in [-0.3, -0.25) is 14.5 Å². The number of carbonyl (C=O) groups excluding carboxylic acids is 2. The van der Waals surface area contributed by atoms with Crippen molar-refractivity contribution in [2.75, 3.05) is 48.0 Å². The normalized spacial score (nSPS) is 33.8. The highest BCUT2D eigenvalue weighted by atomic mass is 16.5. The number of benzene rings is 2. The summed E-state index contributed by atoms with van der Waals surface area (Å²) >= 11 is 0. The first kappa shape index (κ1) is 33.7. The molecule has 4 fully saturated rings. The second-order valence-corrected chi connectivity index (χ2v) is 16.4. The summed E-state index contributed by atoms with van der Waals surface area (Å²) < 4.78 is 17.7. The van der Waals surface area contributed by atoms with Gasteiger partial charge in [0.2, 0.25) is 0 Å². The number of likely N-dealkylation sites (tertiary alicyclic amines) is 1. The molecule has 3 unspecified atom stereocenters. The Labute approximate surface area is 306 Å². The SMILES string of the molecule is C=CC1CN(C)[C@H]2Cc3c([nH]c4ccccc34)[C@H](c3c(OC)ccc4c5c([nH]c34)[C@]3(C(=O)OC)C[C@@H]4C[C@H](CC)[C@@H]3N(CC5)C4)C[C@H]1C2C(=O)OC. The van der Waals surface area contributed by atoms with E-state index in [0.717, 1.165) is 78.7 Å². The molecule has 2 aromatic heterocycles. The fourth-order valence-corrected chi connectivity index (χ4v) is 12.3. The van der Waals surface area contributed by atoms with Crippen molar-refractivity contribution in [2.45, 2.75) is 68.9 Å². The number of hydrogen-bond donors (Lipinski definition) is 2. The molecule has 3 saturated heterocycles. The molecule has 274 valence electrons. The minimum absolute atomic E-state index is 0.00202. The average Bonchev–Trinajstić information content (AvgIpc) is 3.70. The fraction of sp³-hybridized carbons (Fsp3) is 0.535. The third-order valence-electron chi connectivity index (χ3n) is 14.3. The molecule has 9 heteroatoms. The predicted octanol–water partition coefficient (Wildman–Crippen LogP) is 6.34. The van der Waals surface area contributed by atoms with Gasteiger partial charge in [0.25, 0.3) is 0 Å². The van der Waals surface area contributed by atoms with Gasteiger partial charge in [-0.25, -0.2) is 0 Å². The molecule has 4 aliphatic heterocycles. The van der Waals surface area contributed by atoms with Gasteiger partial charge in [0, 0.05) is 70.9 Å². The van der Waals surface area contributed by atoms with Crippen LogP contribution in [0.4, 0.5) is 0 Å². The van der Waals surface area contributed by atoms with Crippen LogP contribution in [-0.2, 0) is 37.3 Å². The van der Waals surface area contributed by atoms with Crippen molar-refractivity contribution in [1.29, 1.82) is 0 Å². The van der Waals surface area contributed by atoms with Crippen molar-refractivity contribution in [2.24, 2.45) is 29.6 Å². The van der Waals surface area contributed by atoms with Crippen LogP contribution in [0, 0.1) is 29.6 Å². The first-order chi connectivity index (χ1) is 25.3. The molecule has 9 nitrogen and oxygen atoms in total. The summed E-state index contributed by atoms with van der Waals surface area (Å²) in [5.74, 6) is 1.05. The standard InChI is InChI=1S/C43H52N4O5/c1-7-24-17-23-20-43(42(49)52-6)39-28(15-16-47(21-23)40(24)43)27-13-14-34(50-4)36(38(27)45-39)31-18-29-25(8-2)22-46(3)33(35(29)41(48)51-5)19-30-26-11-9-10-12-32(26)44-37(30)31/h8-14,23-25,29,31,33,35,40,44-45H,2,7,15-22H2,1,3-6H3/t23-,24-,25?,29+,31-,33-,35?,40-,43+/m0/s1. The molecule has 10 rings (SSSR count). The number of ether oxygens (including phenoxy) is 3. The Morgan fingerprint density at radius 2 is 1.85 bits per heavy atom. The molecule has 4 aromatic rings. The van der Waals surface area contributed by atoms with Crippen molar-refractivity contribution in [3.05, 3.63) is 77.1 Å². The number of carbonyl (C=O) groups is 2. The van der Waals surface area contributed by atoms with E-state index in [1.807, 2.05) is 6.08 Å². The number of aromatic nitrogens is 2. The number of nitrogens with one attached hydrogen (secondary N) is 2. The van der Waals surface area contributed by atoms with Crippen LogP contribution in [0.15, 0.2) is 49.1 Å². The molecule has 2 N–H and O–H groups in total. The summed E-state index contributed by atoms with van der Waals surface area (Å²) in [6, 6.07) is 12.9. The number of para-hydroxylation sites is 1. The summed E-state index contributed by atoms with van der Waals surface area (Å²) in [6.45, 7) is 9.36. The van der Waals surface area contributed by atoms with Crippen molar-refractivity contribution < 1.29 is 23.8 Å². The number of nitrogens with zero attached hydrogens (tertiary/aromatic N) is 2. The maximum atomic E-state index is 14.4. The lowest BCUT2D eigenvalue weighted by atomic mass is 9.56. The van der Waals surface area contributed by atoms with Crippen LogP contribution >= 0.6 is 0 Å². The number of piperidine rings is 3. The Hall–Kier alpha value is -4.08. The molecule has 0 amide bonds. The third kappa shape index (κ3) is 4.60. The second-order valence-electron chi connectivity index (χ2n) is 16.4. The molecule has 2 aromatic carbocycles. The number of aromatic amines is 2. The summed E-state index contributed by atoms with van der Waals surface area (Å²) in [4.78, 5) is 41.2. The summed E-state index contributed by atoms with van der Waals surface area (Å²) in [5, 5.41) is 2.34. The highest BCUT2D eigenvalue weighted by Gasteiger charge is 2.63. The monoisotopic (exact) mass is 704 g/mol. The van der Waals surface area contributed by atoms with Crippen molar-refractivity contribution in [3.8, 4) is 5.75 Å². The number of likely N-dealkylation sites (N-methyl/N-ethyl adjacent to an activating group) is 1. The molecule has 0 spiro atoms. The molecule has 1 saturated carbocycles. The maximum Gasteiger partial charge on any atom is 0.319 e. The van der Waals surface area contributed by atoms with E-state index in [1.165, 1.54) is 35.7 Å². The molecule has 6 bridgehead atoms. The van der Waals surface area contributed by atoms with E-state index in [1.54, 1.807) is 14.2 Å². The lowest BCUT2D eigenvalue weighted by Crippen LogP contribution is -2.67. The van der Waals surface area contributed by atoms with E-state index in [9.17, 15) is 9.59 Å². The molecule has 0 radical (unpaired) electrons. The zero-order chi connectivity index (χ0) is 36.1. The van der Waals surface area contributed by atoms with E-state index in [4.69, 9.17) is 14.2 Å². The van der Waals surface area contributed by atoms with E-state index in [-0.39, 0.29) is 47.7 Å². The Bertz CT molecular complexity index is 2080. The number of hydrogen-bond acceptors (Lipinski definition) is 7. The largest absolute Gasteiger partial charge is 0.496 e. The van der Waals surface area contributed by atoms with Crippen molar-refractivity contribution >= 4 is 33.7 Å². The van der Waals surface area contributed by atoms with Crippen LogP contribution in [0.1, 0.15) is 66.6 Å². The third-order valence-corrected chi connectivity index (χ3v) is 14.3. The summed E-state index contributed by atoms with van der Waals surface area (Å²) in [6.07, 6.45) is 7.34. The van der Waals surface area contributed by atoms with Crippen LogP contribution in [0.5, 0.6) is 5.75 Å². The minimum atomic E-state index is -0.760. The zero-order valence-corrected chi connectivity index (χ0v) is 31.2. The van der Waals surface area contributed by atoms with Crippen LogP contribution in [0.2, 0.25) is 0 Å². The second kappa shape index (κ2) is 12.5. The van der Waals surface area contributed by atoms with E-state index in [0.29, 0.717) is 18.3 Å². The van der Waals surface area contributed by atoms with Gasteiger partial charge in [0.1, 0.15) is 11.2 Å². The van der Waals surface area contributed by atoms with Gasteiger partial charge in [-0.2, -0.15) is 0 Å². The van der Waals surface area contributed by atoms with Crippen LogP contribution in [0.3, 0.4) is 0 Å². The topological polar surface area (TPSA) is 99.9 Å². The van der Waals surface area contributed by atoms with Gasteiger partial charge in [0.15, 0.2) is 0 Å². The highest BCUT2D eigenvalue weighted by Crippen LogP contribution is 2.57. The number of esters is 2.